The van der Waals surface area contributed by atoms with Crippen molar-refractivity contribution in [2.75, 3.05) is 0 Å². The summed E-state index contributed by atoms with van der Waals surface area (Å²) in [5.74, 6) is 2.60. The van der Waals surface area contributed by atoms with Crippen molar-refractivity contribution in [3.05, 3.63) is 11.6 Å². The number of aromatic amines is 1. The summed E-state index contributed by atoms with van der Waals surface area (Å²) in [5.41, 5.74) is 0. The number of nitrogens with one attached hydrogen (secondary N) is 1. The van der Waals surface area contributed by atoms with E-state index >= 15 is 0 Å². The van der Waals surface area contributed by atoms with Crippen LogP contribution in [0.15, 0.2) is 0 Å². The van der Waals surface area contributed by atoms with E-state index in [1.54, 1.807) is 0 Å². The van der Waals surface area contributed by atoms with Crippen molar-refractivity contribution in [2.45, 2.75) is 57.8 Å². The quantitative estimate of drug-likeness (QED) is 0.745. The van der Waals surface area contributed by atoms with Gasteiger partial charge in [-0.1, -0.05) is 32.1 Å². The molecule has 0 atom stereocenters. The minimum atomic E-state index is 0.611. The second kappa shape index (κ2) is 4.58. The van der Waals surface area contributed by atoms with Gasteiger partial charge in [0, 0.05) is 5.92 Å². The van der Waals surface area contributed by atoms with Gasteiger partial charge in [-0.2, -0.15) is 5.10 Å². The Labute approximate surface area is 85.3 Å². The first-order valence-corrected chi connectivity index (χ1v) is 5.75. The minimum absolute atomic E-state index is 0.611. The highest BCUT2D eigenvalue weighted by Crippen LogP contribution is 2.28. The molecule has 0 aromatic carbocycles. The highest BCUT2D eigenvalue weighted by Gasteiger charge is 2.16. The van der Waals surface area contributed by atoms with Crippen LogP contribution in [-0.2, 0) is 0 Å². The third-order valence-corrected chi connectivity index (χ3v) is 3.08. The molecule has 1 saturated carbocycles. The third kappa shape index (κ3) is 2.34. The molecule has 0 aliphatic heterocycles. The van der Waals surface area contributed by atoms with Crippen molar-refractivity contribution in [3.63, 3.8) is 0 Å². The summed E-state index contributed by atoms with van der Waals surface area (Å²) in [6, 6.07) is 0. The Balaban J connectivity index is 2.00. The zero-order chi connectivity index (χ0) is 9.80. The van der Waals surface area contributed by atoms with Gasteiger partial charge in [-0.15, -0.1) is 0 Å². The first kappa shape index (κ1) is 9.69. The third-order valence-electron chi connectivity index (χ3n) is 3.08. The van der Waals surface area contributed by atoms with E-state index in [0.29, 0.717) is 5.92 Å². The van der Waals surface area contributed by atoms with E-state index in [0.717, 1.165) is 11.6 Å². The van der Waals surface area contributed by atoms with Gasteiger partial charge in [-0.3, -0.25) is 5.10 Å². The fraction of sp³-hybridized carbons (Fsp3) is 0.818. The summed E-state index contributed by atoms with van der Waals surface area (Å²) >= 11 is 0. The Morgan fingerprint density at radius 1 is 1.07 bits per heavy atom. The zero-order valence-corrected chi connectivity index (χ0v) is 8.92. The summed E-state index contributed by atoms with van der Waals surface area (Å²) in [4.78, 5) is 4.44. The van der Waals surface area contributed by atoms with Crippen LogP contribution in [0.4, 0.5) is 0 Å². The Hall–Kier alpha value is -0.860. The lowest BCUT2D eigenvalue weighted by Crippen LogP contribution is -2.04. The lowest BCUT2D eigenvalue weighted by atomic mass is 9.91. The van der Waals surface area contributed by atoms with E-state index in [1.807, 2.05) is 6.92 Å². The molecule has 0 radical (unpaired) electrons. The maximum Gasteiger partial charge on any atom is 0.153 e. The fourth-order valence-corrected chi connectivity index (χ4v) is 2.26. The van der Waals surface area contributed by atoms with Gasteiger partial charge in [0.2, 0.25) is 0 Å². The number of hydrogen-bond donors (Lipinski definition) is 1. The number of H-pyrrole nitrogens is 1. The van der Waals surface area contributed by atoms with E-state index in [-0.39, 0.29) is 0 Å². The van der Waals surface area contributed by atoms with Crippen molar-refractivity contribution in [1.82, 2.24) is 15.2 Å². The van der Waals surface area contributed by atoms with Crippen molar-refractivity contribution >= 4 is 0 Å². The second-order valence-electron chi connectivity index (χ2n) is 4.32. The molecular formula is C11H19N3. The Morgan fingerprint density at radius 3 is 2.29 bits per heavy atom. The molecule has 1 heterocycles. The molecule has 3 heteroatoms. The van der Waals surface area contributed by atoms with Gasteiger partial charge in [-0.25, -0.2) is 4.98 Å². The molecule has 1 aromatic heterocycles. The van der Waals surface area contributed by atoms with Gasteiger partial charge in [0.1, 0.15) is 5.82 Å². The molecule has 14 heavy (non-hydrogen) atoms. The van der Waals surface area contributed by atoms with Crippen molar-refractivity contribution in [1.29, 1.82) is 0 Å². The topological polar surface area (TPSA) is 41.6 Å². The van der Waals surface area contributed by atoms with E-state index < -0.39 is 0 Å². The lowest BCUT2D eigenvalue weighted by molar-refractivity contribution is 0.443. The van der Waals surface area contributed by atoms with Crippen LogP contribution in [0.1, 0.15) is 62.5 Å². The molecule has 1 aromatic rings. The summed E-state index contributed by atoms with van der Waals surface area (Å²) in [6.45, 7) is 1.97. The van der Waals surface area contributed by atoms with Crippen LogP contribution in [0, 0.1) is 6.92 Å². The number of aromatic nitrogens is 3. The Kier molecular flexibility index (Phi) is 3.17. The van der Waals surface area contributed by atoms with Crippen LogP contribution in [0.2, 0.25) is 0 Å². The van der Waals surface area contributed by atoms with Crippen LogP contribution >= 0.6 is 0 Å². The van der Waals surface area contributed by atoms with E-state index in [2.05, 4.69) is 15.2 Å². The SMILES string of the molecule is Cc1nc(C2CCCCCCC2)n[nH]1. The number of aryl methyl sites for hydroxylation is 1. The smallest absolute Gasteiger partial charge is 0.153 e. The average molecular weight is 193 g/mol. The van der Waals surface area contributed by atoms with Crippen LogP contribution in [0.25, 0.3) is 0 Å². The maximum atomic E-state index is 4.44. The molecule has 1 aliphatic rings. The molecule has 3 nitrogen and oxygen atoms in total. The largest absolute Gasteiger partial charge is 0.263 e. The first-order chi connectivity index (χ1) is 6.86. The van der Waals surface area contributed by atoms with Crippen LogP contribution in [-0.4, -0.2) is 15.2 Å². The van der Waals surface area contributed by atoms with Crippen LogP contribution in [0.5, 0.6) is 0 Å². The number of hydrogen-bond acceptors (Lipinski definition) is 2. The van der Waals surface area contributed by atoms with E-state index in [4.69, 9.17) is 0 Å². The summed E-state index contributed by atoms with van der Waals surface area (Å²) in [6.07, 6.45) is 9.44. The lowest BCUT2D eigenvalue weighted by Gasteiger charge is -2.16. The highest BCUT2D eigenvalue weighted by atomic mass is 15.2. The molecule has 0 unspecified atom stereocenters. The van der Waals surface area contributed by atoms with Crippen LogP contribution < -0.4 is 0 Å². The minimum Gasteiger partial charge on any atom is -0.263 e. The normalized spacial score (nSPS) is 20.4. The molecule has 78 valence electrons. The molecule has 0 spiro atoms. The standard InChI is InChI=1S/C11H19N3/c1-9-12-11(14-13-9)10-7-5-3-2-4-6-8-10/h10H,2-8H2,1H3,(H,12,13,14). The molecule has 0 amide bonds. The maximum absolute atomic E-state index is 4.44. The predicted molar refractivity (Wildman–Crippen MR) is 56.2 cm³/mol. The summed E-state index contributed by atoms with van der Waals surface area (Å²) in [5, 5.41) is 7.22. The van der Waals surface area contributed by atoms with Gasteiger partial charge >= 0.3 is 0 Å². The van der Waals surface area contributed by atoms with Gasteiger partial charge < -0.3 is 0 Å². The number of nitrogens with zero attached hydrogens (tertiary/aromatic N) is 2. The van der Waals surface area contributed by atoms with Crippen molar-refractivity contribution in [3.8, 4) is 0 Å². The Bertz CT molecular complexity index is 272. The molecule has 1 fully saturated rings. The fourth-order valence-electron chi connectivity index (χ4n) is 2.26. The molecule has 1 N–H and O–H groups in total. The highest BCUT2D eigenvalue weighted by molar-refractivity contribution is 4.96. The monoisotopic (exact) mass is 193 g/mol. The summed E-state index contributed by atoms with van der Waals surface area (Å²) in [7, 11) is 0. The van der Waals surface area contributed by atoms with E-state index in [1.165, 1.54) is 44.9 Å². The van der Waals surface area contributed by atoms with Gasteiger partial charge in [-0.05, 0) is 19.8 Å². The Morgan fingerprint density at radius 2 is 1.71 bits per heavy atom. The van der Waals surface area contributed by atoms with Gasteiger partial charge in [0.15, 0.2) is 5.82 Å². The molecule has 0 saturated heterocycles. The van der Waals surface area contributed by atoms with Crippen molar-refractivity contribution < 1.29 is 0 Å². The second-order valence-corrected chi connectivity index (χ2v) is 4.32. The summed E-state index contributed by atoms with van der Waals surface area (Å²) < 4.78 is 0. The van der Waals surface area contributed by atoms with Crippen LogP contribution in [0.3, 0.4) is 0 Å². The van der Waals surface area contributed by atoms with Crippen molar-refractivity contribution in [2.24, 2.45) is 0 Å². The zero-order valence-electron chi connectivity index (χ0n) is 8.92. The molecular weight excluding hydrogens is 174 g/mol. The van der Waals surface area contributed by atoms with E-state index in [9.17, 15) is 0 Å². The first-order valence-electron chi connectivity index (χ1n) is 5.75. The molecule has 0 bridgehead atoms. The van der Waals surface area contributed by atoms with Gasteiger partial charge in [0.25, 0.3) is 0 Å². The van der Waals surface area contributed by atoms with Gasteiger partial charge in [0.05, 0.1) is 0 Å². The predicted octanol–water partition coefficient (Wildman–Crippen LogP) is 2.94. The molecule has 1 aliphatic carbocycles. The number of rotatable bonds is 1. The molecule has 2 rings (SSSR count). The average Bonchev–Trinajstić information content (AvgIpc) is 2.51.